The zero-order valence-corrected chi connectivity index (χ0v) is 9.37. The minimum atomic E-state index is 0.541. The number of thiazole rings is 1. The van der Waals surface area contributed by atoms with E-state index in [1.54, 1.807) is 11.3 Å². The summed E-state index contributed by atoms with van der Waals surface area (Å²) in [4.78, 5) is 5.31. The monoisotopic (exact) mass is 218 g/mol. The minimum Gasteiger partial charge on any atom is -0.309 e. The van der Waals surface area contributed by atoms with Crippen molar-refractivity contribution in [2.75, 3.05) is 5.88 Å². The van der Waals surface area contributed by atoms with E-state index in [2.05, 4.69) is 17.2 Å². The van der Waals surface area contributed by atoms with Crippen LogP contribution in [0.4, 0.5) is 0 Å². The van der Waals surface area contributed by atoms with Gasteiger partial charge in [0.05, 0.1) is 5.51 Å². The van der Waals surface area contributed by atoms with E-state index in [9.17, 15) is 0 Å². The first-order chi connectivity index (χ1) is 6.36. The molecule has 1 rings (SSSR count). The van der Waals surface area contributed by atoms with Crippen LogP contribution < -0.4 is 5.32 Å². The molecule has 4 heteroatoms. The Morgan fingerprint density at radius 3 is 3.08 bits per heavy atom. The molecule has 0 aliphatic rings. The summed E-state index contributed by atoms with van der Waals surface area (Å²) in [5.41, 5.74) is 1.86. The van der Waals surface area contributed by atoms with Gasteiger partial charge in [-0.25, -0.2) is 0 Å². The summed E-state index contributed by atoms with van der Waals surface area (Å²) >= 11 is 7.37. The van der Waals surface area contributed by atoms with Crippen LogP contribution in [-0.2, 0) is 6.54 Å². The lowest BCUT2D eigenvalue weighted by Crippen LogP contribution is -2.27. The summed E-state index contributed by atoms with van der Waals surface area (Å²) in [6, 6.07) is 0.541. The Bertz CT molecular complexity index is 213. The first kappa shape index (κ1) is 11.0. The third-order valence-corrected chi connectivity index (χ3v) is 3.00. The number of alkyl halides is 1. The van der Waals surface area contributed by atoms with Crippen LogP contribution in [0.25, 0.3) is 0 Å². The van der Waals surface area contributed by atoms with Gasteiger partial charge in [0, 0.05) is 29.5 Å². The lowest BCUT2D eigenvalue weighted by molar-refractivity contribution is 0.488. The molecule has 74 valence electrons. The average molecular weight is 219 g/mol. The van der Waals surface area contributed by atoms with Gasteiger partial charge in [-0.15, -0.1) is 22.9 Å². The fourth-order valence-electron chi connectivity index (χ4n) is 1.16. The topological polar surface area (TPSA) is 24.9 Å². The number of halogens is 1. The van der Waals surface area contributed by atoms with Crippen LogP contribution in [0.1, 0.15) is 24.6 Å². The van der Waals surface area contributed by atoms with Gasteiger partial charge in [0.25, 0.3) is 0 Å². The smallest absolute Gasteiger partial charge is 0.0794 e. The van der Waals surface area contributed by atoms with Crippen molar-refractivity contribution in [1.82, 2.24) is 10.3 Å². The summed E-state index contributed by atoms with van der Waals surface area (Å²) in [7, 11) is 0. The van der Waals surface area contributed by atoms with Gasteiger partial charge in [-0.2, -0.15) is 0 Å². The SMILES string of the molecule is CCC(CCCl)NCc1cncs1. The second-order valence-corrected chi connectivity index (χ2v) is 4.28. The summed E-state index contributed by atoms with van der Waals surface area (Å²) in [5, 5.41) is 3.46. The number of aromatic nitrogens is 1. The number of nitrogens with one attached hydrogen (secondary N) is 1. The molecule has 1 unspecified atom stereocenters. The van der Waals surface area contributed by atoms with Gasteiger partial charge in [-0.3, -0.25) is 4.98 Å². The molecule has 2 nitrogen and oxygen atoms in total. The number of nitrogens with zero attached hydrogens (tertiary/aromatic N) is 1. The molecule has 0 amide bonds. The van der Waals surface area contributed by atoms with Crippen molar-refractivity contribution in [1.29, 1.82) is 0 Å². The Balaban J connectivity index is 2.23. The Morgan fingerprint density at radius 2 is 2.54 bits per heavy atom. The van der Waals surface area contributed by atoms with Crippen LogP contribution in [0.15, 0.2) is 11.7 Å². The number of hydrogen-bond acceptors (Lipinski definition) is 3. The molecule has 13 heavy (non-hydrogen) atoms. The molecule has 0 bridgehead atoms. The van der Waals surface area contributed by atoms with Gasteiger partial charge in [-0.1, -0.05) is 6.92 Å². The Hall–Kier alpha value is -0.120. The van der Waals surface area contributed by atoms with Crippen molar-refractivity contribution in [3.8, 4) is 0 Å². The fraction of sp³-hybridized carbons (Fsp3) is 0.667. The van der Waals surface area contributed by atoms with Gasteiger partial charge in [0.1, 0.15) is 0 Å². The molecule has 1 N–H and O–H groups in total. The van der Waals surface area contributed by atoms with E-state index in [-0.39, 0.29) is 0 Å². The Labute approximate surface area is 88.3 Å². The van der Waals surface area contributed by atoms with Crippen LogP contribution >= 0.6 is 22.9 Å². The van der Waals surface area contributed by atoms with Gasteiger partial charge in [-0.05, 0) is 12.8 Å². The summed E-state index contributed by atoms with van der Waals surface area (Å²) in [5.74, 6) is 0.730. The van der Waals surface area contributed by atoms with Crippen LogP contribution in [-0.4, -0.2) is 16.9 Å². The van der Waals surface area contributed by atoms with Crippen molar-refractivity contribution in [2.24, 2.45) is 0 Å². The summed E-state index contributed by atoms with van der Waals surface area (Å²) in [6.07, 6.45) is 4.08. The van der Waals surface area contributed by atoms with Crippen LogP contribution in [0.5, 0.6) is 0 Å². The Morgan fingerprint density at radius 1 is 1.69 bits per heavy atom. The molecule has 0 saturated heterocycles. The van der Waals surface area contributed by atoms with E-state index in [1.165, 1.54) is 4.88 Å². The van der Waals surface area contributed by atoms with Gasteiger partial charge in [0.2, 0.25) is 0 Å². The maximum absolute atomic E-state index is 5.69. The minimum absolute atomic E-state index is 0.541. The second-order valence-electron chi connectivity index (χ2n) is 2.93. The van der Waals surface area contributed by atoms with E-state index >= 15 is 0 Å². The first-order valence-corrected chi connectivity index (χ1v) is 5.95. The lowest BCUT2D eigenvalue weighted by atomic mass is 10.2. The van der Waals surface area contributed by atoms with E-state index in [0.29, 0.717) is 6.04 Å². The van der Waals surface area contributed by atoms with E-state index < -0.39 is 0 Å². The quantitative estimate of drug-likeness (QED) is 0.743. The number of hydrogen-bond donors (Lipinski definition) is 1. The molecular weight excluding hydrogens is 204 g/mol. The largest absolute Gasteiger partial charge is 0.309 e. The maximum Gasteiger partial charge on any atom is 0.0794 e. The van der Waals surface area contributed by atoms with Crippen LogP contribution in [0, 0.1) is 0 Å². The molecule has 0 aromatic carbocycles. The molecule has 1 aromatic rings. The van der Waals surface area contributed by atoms with Crippen LogP contribution in [0.2, 0.25) is 0 Å². The normalized spacial score (nSPS) is 13.1. The highest BCUT2D eigenvalue weighted by Gasteiger charge is 2.04. The van der Waals surface area contributed by atoms with Crippen molar-refractivity contribution < 1.29 is 0 Å². The predicted octanol–water partition coefficient (Wildman–Crippen LogP) is 2.64. The first-order valence-electron chi connectivity index (χ1n) is 4.53. The summed E-state index contributed by atoms with van der Waals surface area (Å²) < 4.78 is 0. The fourth-order valence-corrected chi connectivity index (χ4v) is 1.97. The van der Waals surface area contributed by atoms with E-state index in [0.717, 1.165) is 25.3 Å². The van der Waals surface area contributed by atoms with Gasteiger partial charge in [0.15, 0.2) is 0 Å². The maximum atomic E-state index is 5.69. The predicted molar refractivity (Wildman–Crippen MR) is 58.4 cm³/mol. The third kappa shape index (κ3) is 4.07. The third-order valence-electron chi connectivity index (χ3n) is 2.00. The Kier molecular flexibility index (Phi) is 5.35. The molecule has 1 heterocycles. The molecule has 0 radical (unpaired) electrons. The summed E-state index contributed by atoms with van der Waals surface area (Å²) in [6.45, 7) is 3.09. The number of rotatable bonds is 6. The molecule has 0 fully saturated rings. The molecular formula is C9H15ClN2S. The standard InChI is InChI=1S/C9H15ClN2S/c1-2-8(3-4-10)12-6-9-5-11-7-13-9/h5,7-8,12H,2-4,6H2,1H3. The highest BCUT2D eigenvalue weighted by atomic mass is 35.5. The second kappa shape index (κ2) is 6.35. The highest BCUT2D eigenvalue weighted by molar-refractivity contribution is 7.09. The molecule has 1 aromatic heterocycles. The average Bonchev–Trinajstić information content (AvgIpc) is 2.64. The van der Waals surface area contributed by atoms with Crippen molar-refractivity contribution in [2.45, 2.75) is 32.4 Å². The van der Waals surface area contributed by atoms with E-state index in [4.69, 9.17) is 11.6 Å². The van der Waals surface area contributed by atoms with Gasteiger partial charge < -0.3 is 5.32 Å². The van der Waals surface area contributed by atoms with Crippen molar-refractivity contribution in [3.05, 3.63) is 16.6 Å². The lowest BCUT2D eigenvalue weighted by Gasteiger charge is -2.14. The molecule has 0 aliphatic heterocycles. The zero-order valence-electron chi connectivity index (χ0n) is 7.79. The van der Waals surface area contributed by atoms with Gasteiger partial charge >= 0.3 is 0 Å². The van der Waals surface area contributed by atoms with Crippen molar-refractivity contribution in [3.63, 3.8) is 0 Å². The highest BCUT2D eigenvalue weighted by Crippen LogP contribution is 2.06. The molecule has 0 aliphatic carbocycles. The molecule has 1 atom stereocenters. The molecule has 0 spiro atoms. The molecule has 0 saturated carbocycles. The van der Waals surface area contributed by atoms with E-state index in [1.807, 2.05) is 11.7 Å². The van der Waals surface area contributed by atoms with Crippen molar-refractivity contribution >= 4 is 22.9 Å². The zero-order chi connectivity index (χ0) is 9.52. The van der Waals surface area contributed by atoms with Crippen LogP contribution in [0.3, 0.4) is 0 Å².